The monoisotopic (exact) mass is 336 g/mol. The van der Waals surface area contributed by atoms with E-state index in [0.717, 1.165) is 17.7 Å². The van der Waals surface area contributed by atoms with Crippen LogP contribution in [0.15, 0.2) is 29.0 Å². The molecule has 0 unspecified atom stereocenters. The molecule has 0 atom stereocenters. The van der Waals surface area contributed by atoms with Crippen molar-refractivity contribution in [1.29, 1.82) is 0 Å². The van der Waals surface area contributed by atoms with Crippen LogP contribution in [0, 0.1) is 0 Å². The third kappa shape index (κ3) is 2.72. The highest BCUT2D eigenvalue weighted by atomic mass is 79.9. The molecule has 98 valence electrons. The van der Waals surface area contributed by atoms with E-state index in [2.05, 4.69) is 26.2 Å². The summed E-state index contributed by atoms with van der Waals surface area (Å²) in [4.78, 5) is 18.5. The predicted octanol–water partition coefficient (Wildman–Crippen LogP) is 4.04. The third-order valence-corrected chi connectivity index (χ3v) is 5.10. The standard InChI is InChI=1S/C14H13BrN2OS/c15-13-10(5-3-7-16-13)17-14(18)12-8-9-4-1-2-6-11(9)19-12/h3,5,7-8H,1-2,4,6H2,(H,17,18). The van der Waals surface area contributed by atoms with E-state index < -0.39 is 0 Å². The molecule has 1 amide bonds. The van der Waals surface area contributed by atoms with Crippen molar-refractivity contribution in [3.63, 3.8) is 0 Å². The molecule has 0 aliphatic heterocycles. The first-order valence-electron chi connectivity index (χ1n) is 6.27. The van der Waals surface area contributed by atoms with Crippen LogP contribution in [0.3, 0.4) is 0 Å². The van der Waals surface area contributed by atoms with E-state index in [0.29, 0.717) is 10.3 Å². The predicted molar refractivity (Wildman–Crippen MR) is 80.9 cm³/mol. The fourth-order valence-electron chi connectivity index (χ4n) is 2.27. The number of aryl methyl sites for hydroxylation is 2. The van der Waals surface area contributed by atoms with Gasteiger partial charge in [-0.15, -0.1) is 11.3 Å². The summed E-state index contributed by atoms with van der Waals surface area (Å²) >= 11 is 4.95. The van der Waals surface area contributed by atoms with E-state index in [1.165, 1.54) is 23.3 Å². The fraction of sp³-hybridized carbons (Fsp3) is 0.286. The summed E-state index contributed by atoms with van der Waals surface area (Å²) < 4.78 is 0.657. The lowest BCUT2D eigenvalue weighted by molar-refractivity contribution is 0.103. The molecule has 3 nitrogen and oxygen atoms in total. The Labute approximate surface area is 124 Å². The van der Waals surface area contributed by atoms with Gasteiger partial charge in [-0.3, -0.25) is 4.79 Å². The average molecular weight is 337 g/mol. The molecule has 2 aromatic heterocycles. The van der Waals surface area contributed by atoms with Crippen LogP contribution < -0.4 is 5.32 Å². The number of rotatable bonds is 2. The Morgan fingerprint density at radius 2 is 2.21 bits per heavy atom. The Bertz CT molecular complexity index is 600. The molecule has 1 aliphatic rings. The van der Waals surface area contributed by atoms with Crippen molar-refractivity contribution >= 4 is 38.9 Å². The molecule has 5 heteroatoms. The zero-order valence-corrected chi connectivity index (χ0v) is 12.7. The van der Waals surface area contributed by atoms with E-state index in [1.807, 2.05) is 12.1 Å². The van der Waals surface area contributed by atoms with Gasteiger partial charge in [-0.2, -0.15) is 0 Å². The number of pyridine rings is 1. The molecule has 1 aliphatic carbocycles. The summed E-state index contributed by atoms with van der Waals surface area (Å²) in [5.41, 5.74) is 2.06. The number of fused-ring (bicyclic) bond motifs is 1. The van der Waals surface area contributed by atoms with Gasteiger partial charge in [0, 0.05) is 11.1 Å². The van der Waals surface area contributed by atoms with Crippen LogP contribution in [-0.4, -0.2) is 10.9 Å². The zero-order valence-electron chi connectivity index (χ0n) is 10.3. The number of hydrogen-bond acceptors (Lipinski definition) is 3. The van der Waals surface area contributed by atoms with Crippen LogP contribution in [-0.2, 0) is 12.8 Å². The molecule has 2 heterocycles. The van der Waals surface area contributed by atoms with E-state index in [1.54, 1.807) is 23.6 Å². The summed E-state index contributed by atoms with van der Waals surface area (Å²) in [5, 5.41) is 2.90. The van der Waals surface area contributed by atoms with Crippen molar-refractivity contribution in [2.24, 2.45) is 0 Å². The Hall–Kier alpha value is -1.20. The topological polar surface area (TPSA) is 42.0 Å². The minimum absolute atomic E-state index is 0.0481. The molecule has 0 radical (unpaired) electrons. The van der Waals surface area contributed by atoms with Gasteiger partial charge in [-0.1, -0.05) is 0 Å². The molecule has 0 fully saturated rings. The number of carbonyl (C=O) groups is 1. The van der Waals surface area contributed by atoms with Crippen molar-refractivity contribution in [3.05, 3.63) is 44.3 Å². The molecule has 1 N–H and O–H groups in total. The van der Waals surface area contributed by atoms with E-state index in [-0.39, 0.29) is 5.91 Å². The van der Waals surface area contributed by atoms with Gasteiger partial charge in [0.05, 0.1) is 10.6 Å². The van der Waals surface area contributed by atoms with Crippen molar-refractivity contribution < 1.29 is 4.79 Å². The van der Waals surface area contributed by atoms with Crippen LogP contribution in [0.5, 0.6) is 0 Å². The summed E-state index contributed by atoms with van der Waals surface area (Å²) in [6, 6.07) is 5.68. The summed E-state index contributed by atoms with van der Waals surface area (Å²) in [5.74, 6) is -0.0481. The summed E-state index contributed by atoms with van der Waals surface area (Å²) in [6.07, 6.45) is 6.38. The average Bonchev–Trinajstić information content (AvgIpc) is 2.85. The molecule has 0 spiro atoms. The lowest BCUT2D eigenvalue weighted by Crippen LogP contribution is -2.10. The molecule has 2 aromatic rings. The van der Waals surface area contributed by atoms with Crippen molar-refractivity contribution in [3.8, 4) is 0 Å². The van der Waals surface area contributed by atoms with Gasteiger partial charge >= 0.3 is 0 Å². The minimum atomic E-state index is -0.0481. The van der Waals surface area contributed by atoms with Crippen LogP contribution in [0.1, 0.15) is 33.0 Å². The Morgan fingerprint density at radius 1 is 1.37 bits per heavy atom. The smallest absolute Gasteiger partial charge is 0.265 e. The molecule has 0 bridgehead atoms. The summed E-state index contributed by atoms with van der Waals surface area (Å²) in [6.45, 7) is 0. The first kappa shape index (κ1) is 12.8. The maximum atomic E-state index is 12.2. The highest BCUT2D eigenvalue weighted by molar-refractivity contribution is 9.10. The Morgan fingerprint density at radius 3 is 3.00 bits per heavy atom. The number of aromatic nitrogens is 1. The second-order valence-corrected chi connectivity index (χ2v) is 6.45. The van der Waals surface area contributed by atoms with Gasteiger partial charge in [0.2, 0.25) is 0 Å². The second-order valence-electron chi connectivity index (χ2n) is 4.56. The van der Waals surface area contributed by atoms with Crippen LogP contribution in [0.25, 0.3) is 0 Å². The molecular weight excluding hydrogens is 324 g/mol. The van der Waals surface area contributed by atoms with Crippen molar-refractivity contribution in [2.45, 2.75) is 25.7 Å². The number of anilines is 1. The number of hydrogen-bond donors (Lipinski definition) is 1. The maximum Gasteiger partial charge on any atom is 0.265 e. The fourth-order valence-corrected chi connectivity index (χ4v) is 3.76. The van der Waals surface area contributed by atoms with Crippen molar-refractivity contribution in [2.75, 3.05) is 5.32 Å². The number of thiophene rings is 1. The van der Waals surface area contributed by atoms with Crippen LogP contribution in [0.2, 0.25) is 0 Å². The first-order chi connectivity index (χ1) is 9.24. The number of nitrogens with one attached hydrogen (secondary N) is 1. The zero-order chi connectivity index (χ0) is 13.2. The lowest BCUT2D eigenvalue weighted by Gasteiger charge is -2.08. The number of halogens is 1. The van der Waals surface area contributed by atoms with Crippen LogP contribution >= 0.6 is 27.3 Å². The first-order valence-corrected chi connectivity index (χ1v) is 7.88. The highest BCUT2D eigenvalue weighted by Gasteiger charge is 2.17. The number of nitrogens with zero attached hydrogens (tertiary/aromatic N) is 1. The quantitative estimate of drug-likeness (QED) is 0.841. The number of carbonyl (C=O) groups excluding carboxylic acids is 1. The van der Waals surface area contributed by atoms with E-state index in [9.17, 15) is 4.79 Å². The largest absolute Gasteiger partial charge is 0.319 e. The normalized spacial score (nSPS) is 13.9. The molecular formula is C14H13BrN2OS. The van der Waals surface area contributed by atoms with Gasteiger partial charge in [0.25, 0.3) is 5.91 Å². The molecule has 0 aromatic carbocycles. The Balaban J connectivity index is 1.81. The molecule has 3 rings (SSSR count). The molecule has 0 saturated heterocycles. The van der Waals surface area contributed by atoms with E-state index in [4.69, 9.17) is 0 Å². The maximum absolute atomic E-state index is 12.2. The molecule has 0 saturated carbocycles. The third-order valence-electron chi connectivity index (χ3n) is 3.23. The van der Waals surface area contributed by atoms with Crippen LogP contribution in [0.4, 0.5) is 5.69 Å². The number of amides is 1. The van der Waals surface area contributed by atoms with Gasteiger partial charge in [0.15, 0.2) is 0 Å². The van der Waals surface area contributed by atoms with Gasteiger partial charge in [0.1, 0.15) is 4.60 Å². The van der Waals surface area contributed by atoms with E-state index >= 15 is 0 Å². The van der Waals surface area contributed by atoms with Gasteiger partial charge in [-0.05, 0) is 65.4 Å². The van der Waals surface area contributed by atoms with Gasteiger partial charge < -0.3 is 5.32 Å². The minimum Gasteiger partial charge on any atom is -0.319 e. The SMILES string of the molecule is O=C(Nc1cccnc1Br)c1cc2c(s1)CCCC2. The molecule has 19 heavy (non-hydrogen) atoms. The van der Waals surface area contributed by atoms with Crippen molar-refractivity contribution in [1.82, 2.24) is 4.98 Å². The lowest BCUT2D eigenvalue weighted by atomic mass is 9.99. The Kier molecular flexibility index (Phi) is 3.66. The van der Waals surface area contributed by atoms with Gasteiger partial charge in [-0.25, -0.2) is 4.98 Å². The highest BCUT2D eigenvalue weighted by Crippen LogP contribution is 2.30. The second kappa shape index (κ2) is 5.43. The summed E-state index contributed by atoms with van der Waals surface area (Å²) in [7, 11) is 0.